The molecule has 1 aliphatic carbocycles. The van der Waals surface area contributed by atoms with Crippen molar-refractivity contribution in [3.63, 3.8) is 0 Å². The van der Waals surface area contributed by atoms with Crippen LogP contribution in [-0.2, 0) is 9.53 Å². The predicted molar refractivity (Wildman–Crippen MR) is 45.9 cm³/mol. The second kappa shape index (κ2) is 4.11. The number of hydrogen-bond acceptors (Lipinski definition) is 3. The van der Waals surface area contributed by atoms with Crippen LogP contribution in [-0.4, -0.2) is 25.2 Å². The molecule has 0 aromatic rings. The maximum Gasteiger partial charge on any atom is 0.407 e. The molecule has 74 valence electrons. The normalized spacial score (nSPS) is 26.8. The fraction of sp³-hybridized carbons (Fsp3) is 0.750. The molecule has 5 nitrogen and oxygen atoms in total. The van der Waals surface area contributed by atoms with E-state index in [0.29, 0.717) is 6.42 Å². The van der Waals surface area contributed by atoms with E-state index in [1.807, 2.05) is 0 Å². The fourth-order valence-corrected chi connectivity index (χ4v) is 1.60. The zero-order valence-corrected chi connectivity index (χ0v) is 7.58. The van der Waals surface area contributed by atoms with Crippen molar-refractivity contribution in [3.05, 3.63) is 0 Å². The Morgan fingerprint density at radius 3 is 2.62 bits per heavy atom. The molecule has 0 aliphatic heterocycles. The SMILES string of the molecule is COC(=O)NC1CCC(C(N)=O)C1. The Balaban J connectivity index is 2.33. The van der Waals surface area contributed by atoms with E-state index in [1.165, 1.54) is 7.11 Å². The minimum absolute atomic E-state index is 0.0324. The van der Waals surface area contributed by atoms with E-state index >= 15 is 0 Å². The third-order valence-corrected chi connectivity index (χ3v) is 2.34. The summed E-state index contributed by atoms with van der Waals surface area (Å²) in [7, 11) is 1.32. The van der Waals surface area contributed by atoms with Gasteiger partial charge in [0.25, 0.3) is 0 Å². The van der Waals surface area contributed by atoms with Crippen LogP contribution < -0.4 is 11.1 Å². The lowest BCUT2D eigenvalue weighted by Crippen LogP contribution is -2.33. The summed E-state index contributed by atoms with van der Waals surface area (Å²) in [6.07, 6.45) is 1.73. The van der Waals surface area contributed by atoms with Gasteiger partial charge in [-0.1, -0.05) is 0 Å². The third-order valence-electron chi connectivity index (χ3n) is 2.34. The Bertz CT molecular complexity index is 217. The molecule has 0 heterocycles. The second-order valence-corrected chi connectivity index (χ2v) is 3.25. The zero-order chi connectivity index (χ0) is 9.84. The summed E-state index contributed by atoms with van der Waals surface area (Å²) >= 11 is 0. The molecule has 0 bridgehead atoms. The van der Waals surface area contributed by atoms with Gasteiger partial charge in [0, 0.05) is 12.0 Å². The Morgan fingerprint density at radius 1 is 1.46 bits per heavy atom. The number of amides is 2. The first-order valence-corrected chi connectivity index (χ1v) is 4.27. The van der Waals surface area contributed by atoms with Crippen LogP contribution in [0.25, 0.3) is 0 Å². The van der Waals surface area contributed by atoms with E-state index in [0.717, 1.165) is 12.8 Å². The van der Waals surface area contributed by atoms with Gasteiger partial charge in [0.1, 0.15) is 0 Å². The Morgan fingerprint density at radius 2 is 2.15 bits per heavy atom. The summed E-state index contributed by atoms with van der Waals surface area (Å²) in [5, 5.41) is 2.64. The van der Waals surface area contributed by atoms with Gasteiger partial charge in [0.2, 0.25) is 5.91 Å². The van der Waals surface area contributed by atoms with Crippen LogP contribution in [0.3, 0.4) is 0 Å². The number of alkyl carbamates (subject to hydrolysis) is 1. The molecule has 0 aromatic carbocycles. The maximum absolute atomic E-state index is 10.8. The molecule has 0 radical (unpaired) electrons. The summed E-state index contributed by atoms with van der Waals surface area (Å²) in [5.41, 5.74) is 5.14. The number of nitrogens with one attached hydrogen (secondary N) is 1. The molecule has 2 unspecified atom stereocenters. The van der Waals surface area contributed by atoms with Gasteiger partial charge < -0.3 is 15.8 Å². The van der Waals surface area contributed by atoms with Crippen LogP contribution in [0.15, 0.2) is 0 Å². The van der Waals surface area contributed by atoms with Gasteiger partial charge in [-0.15, -0.1) is 0 Å². The van der Waals surface area contributed by atoms with Crippen molar-refractivity contribution >= 4 is 12.0 Å². The van der Waals surface area contributed by atoms with Gasteiger partial charge >= 0.3 is 6.09 Å². The largest absolute Gasteiger partial charge is 0.453 e. The zero-order valence-electron chi connectivity index (χ0n) is 7.58. The van der Waals surface area contributed by atoms with Crippen LogP contribution in [0.4, 0.5) is 4.79 Å². The van der Waals surface area contributed by atoms with Gasteiger partial charge in [-0.3, -0.25) is 4.79 Å². The molecular weight excluding hydrogens is 172 g/mol. The first-order valence-electron chi connectivity index (χ1n) is 4.27. The van der Waals surface area contributed by atoms with Crippen molar-refractivity contribution in [1.29, 1.82) is 0 Å². The lowest BCUT2D eigenvalue weighted by molar-refractivity contribution is -0.121. The van der Waals surface area contributed by atoms with Crippen molar-refractivity contribution in [3.8, 4) is 0 Å². The number of methoxy groups -OCH3 is 1. The molecule has 1 fully saturated rings. The average molecular weight is 186 g/mol. The fourth-order valence-electron chi connectivity index (χ4n) is 1.60. The summed E-state index contributed by atoms with van der Waals surface area (Å²) in [6, 6.07) is 0.0324. The standard InChI is InChI=1S/C8H14N2O3/c1-13-8(12)10-6-3-2-5(4-6)7(9)11/h5-6H,2-4H2,1H3,(H2,9,11)(H,10,12). The number of ether oxygens (including phenoxy) is 1. The molecule has 2 atom stereocenters. The van der Waals surface area contributed by atoms with Gasteiger partial charge in [0.15, 0.2) is 0 Å². The number of carbonyl (C=O) groups excluding carboxylic acids is 2. The molecule has 1 aliphatic rings. The highest BCUT2D eigenvalue weighted by molar-refractivity contribution is 5.77. The number of carbonyl (C=O) groups is 2. The monoisotopic (exact) mass is 186 g/mol. The van der Waals surface area contributed by atoms with Crippen molar-refractivity contribution < 1.29 is 14.3 Å². The highest BCUT2D eigenvalue weighted by atomic mass is 16.5. The van der Waals surface area contributed by atoms with Crippen LogP contribution >= 0.6 is 0 Å². The minimum Gasteiger partial charge on any atom is -0.453 e. The lowest BCUT2D eigenvalue weighted by Gasteiger charge is -2.10. The van der Waals surface area contributed by atoms with Crippen molar-refractivity contribution in [1.82, 2.24) is 5.32 Å². The number of rotatable bonds is 2. The minimum atomic E-state index is -0.449. The molecule has 1 rings (SSSR count). The van der Waals surface area contributed by atoms with Crippen molar-refractivity contribution in [2.24, 2.45) is 11.7 Å². The van der Waals surface area contributed by atoms with Gasteiger partial charge in [-0.2, -0.15) is 0 Å². The summed E-state index contributed by atoms with van der Waals surface area (Å²) < 4.78 is 4.44. The highest BCUT2D eigenvalue weighted by Crippen LogP contribution is 2.24. The van der Waals surface area contributed by atoms with Crippen LogP contribution in [0, 0.1) is 5.92 Å². The Hall–Kier alpha value is -1.26. The molecule has 2 amide bonds. The highest BCUT2D eigenvalue weighted by Gasteiger charge is 2.29. The summed E-state index contributed by atoms with van der Waals surface area (Å²) in [5.74, 6) is -0.378. The molecule has 13 heavy (non-hydrogen) atoms. The molecule has 0 saturated heterocycles. The van der Waals surface area contributed by atoms with Crippen LogP contribution in [0.5, 0.6) is 0 Å². The van der Waals surface area contributed by atoms with Crippen molar-refractivity contribution in [2.75, 3.05) is 7.11 Å². The maximum atomic E-state index is 10.8. The number of nitrogens with two attached hydrogens (primary N) is 1. The average Bonchev–Trinajstić information content (AvgIpc) is 2.52. The van der Waals surface area contributed by atoms with Gasteiger partial charge in [-0.05, 0) is 19.3 Å². The molecule has 0 aromatic heterocycles. The number of primary amides is 1. The van der Waals surface area contributed by atoms with E-state index in [-0.39, 0.29) is 17.9 Å². The summed E-state index contributed by atoms with van der Waals surface area (Å²) in [4.78, 5) is 21.6. The third kappa shape index (κ3) is 2.61. The lowest BCUT2D eigenvalue weighted by atomic mass is 10.1. The summed E-state index contributed by atoms with van der Waals surface area (Å²) in [6.45, 7) is 0. The molecular formula is C8H14N2O3. The number of hydrogen-bond donors (Lipinski definition) is 2. The second-order valence-electron chi connectivity index (χ2n) is 3.25. The smallest absolute Gasteiger partial charge is 0.407 e. The molecule has 0 spiro atoms. The predicted octanol–water partition coefficient (Wildman–Crippen LogP) is -0.00360. The van der Waals surface area contributed by atoms with Gasteiger partial charge in [-0.25, -0.2) is 4.79 Å². The Labute approximate surface area is 76.6 Å². The van der Waals surface area contributed by atoms with E-state index in [1.54, 1.807) is 0 Å². The molecule has 5 heteroatoms. The first-order chi connectivity index (χ1) is 6.13. The Kier molecular flexibility index (Phi) is 3.11. The first kappa shape index (κ1) is 9.83. The van der Waals surface area contributed by atoms with Crippen molar-refractivity contribution in [2.45, 2.75) is 25.3 Å². The van der Waals surface area contributed by atoms with Crippen LogP contribution in [0.1, 0.15) is 19.3 Å². The van der Waals surface area contributed by atoms with E-state index in [9.17, 15) is 9.59 Å². The quantitative estimate of drug-likeness (QED) is 0.636. The van der Waals surface area contributed by atoms with E-state index in [4.69, 9.17) is 5.73 Å². The molecule has 1 saturated carbocycles. The molecule has 3 N–H and O–H groups in total. The topological polar surface area (TPSA) is 81.4 Å². The van der Waals surface area contributed by atoms with Gasteiger partial charge in [0.05, 0.1) is 7.11 Å². The van der Waals surface area contributed by atoms with Crippen LogP contribution in [0.2, 0.25) is 0 Å². The van der Waals surface area contributed by atoms with E-state index < -0.39 is 6.09 Å². The van der Waals surface area contributed by atoms with E-state index in [2.05, 4.69) is 10.1 Å².